The van der Waals surface area contributed by atoms with Crippen LogP contribution in [-0.2, 0) is 14.3 Å². The van der Waals surface area contributed by atoms with E-state index in [1.807, 2.05) is 13.8 Å². The number of ether oxygens (including phenoxy) is 1. The van der Waals surface area contributed by atoms with Gasteiger partial charge in [0.15, 0.2) is 0 Å². The molecule has 0 aliphatic heterocycles. The van der Waals surface area contributed by atoms with Crippen LogP contribution in [0.4, 0.5) is 0 Å². The number of carbonyl (C=O) groups is 2. The molecule has 45 heavy (non-hydrogen) atoms. The number of hydrogen-bond donors (Lipinski definition) is 2. The van der Waals surface area contributed by atoms with Crippen molar-refractivity contribution in [3.05, 3.63) is 0 Å². The number of unbranched alkanes of at least 4 members (excludes halogenated alkanes) is 25. The molecular weight excluding hydrogens is 580 g/mol. The smallest absolute Gasteiger partial charge is 0.311 e. The molecule has 0 bridgehead atoms. The lowest BCUT2D eigenvalue weighted by Gasteiger charge is -2.22. The molecule has 5 N–H and O–H groups in total. The molecule has 1 amide bonds. The van der Waals surface area contributed by atoms with Crippen molar-refractivity contribution < 1.29 is 26.7 Å². The van der Waals surface area contributed by atoms with E-state index in [1.165, 1.54) is 154 Å². The van der Waals surface area contributed by atoms with Crippen LogP contribution in [-0.4, -0.2) is 25.0 Å². The third-order valence-electron chi connectivity index (χ3n) is 9.09. The molecule has 0 saturated heterocycles. The van der Waals surface area contributed by atoms with E-state index in [4.69, 9.17) is 4.74 Å². The summed E-state index contributed by atoms with van der Waals surface area (Å²) < 4.78 is 5.55. The predicted octanol–water partition coefficient (Wildman–Crippen LogP) is 9.80. The maximum absolute atomic E-state index is 12.6. The van der Waals surface area contributed by atoms with Gasteiger partial charge in [0.25, 0.3) is 0 Å². The van der Waals surface area contributed by atoms with Gasteiger partial charge in [-0.05, 0) is 33.1 Å². The van der Waals surface area contributed by atoms with Crippen LogP contribution in [0.3, 0.4) is 0 Å². The molecule has 0 aliphatic rings. The van der Waals surface area contributed by atoms with Gasteiger partial charge in [0, 0.05) is 13.0 Å². The SMILES string of the molecule is CCCCCCCCCCCCCCCCCC(=O)NCCCOC(=O)C(C)(C)CCCCCCCCCCCCCC.[Cl-].[NH4+]. The summed E-state index contributed by atoms with van der Waals surface area (Å²) in [5.41, 5.74) is -0.421. The molecule has 6 heteroatoms. The average molecular weight is 662 g/mol. The van der Waals surface area contributed by atoms with Crippen LogP contribution < -0.4 is 23.9 Å². The van der Waals surface area contributed by atoms with Gasteiger partial charge in [0.1, 0.15) is 0 Å². The van der Waals surface area contributed by atoms with E-state index in [0.717, 1.165) is 25.7 Å². The Morgan fingerprint density at radius 1 is 0.511 bits per heavy atom. The van der Waals surface area contributed by atoms with Crippen molar-refractivity contribution in [3.8, 4) is 0 Å². The standard InChI is InChI=1S/C39H77NO3.ClH.H3N/c1-5-7-9-11-13-15-17-19-20-21-22-24-26-28-30-33-37(41)40-35-32-36-43-38(42)39(3,4)34-31-29-27-25-23-18-16-14-12-10-8-6-2;;/h5-36H2,1-4H3,(H,40,41);1H;1H3. The minimum atomic E-state index is -0.421. The van der Waals surface area contributed by atoms with Gasteiger partial charge < -0.3 is 28.6 Å². The summed E-state index contributed by atoms with van der Waals surface area (Å²) >= 11 is 0. The molecule has 0 saturated carbocycles. The van der Waals surface area contributed by atoms with E-state index in [2.05, 4.69) is 19.2 Å². The maximum atomic E-state index is 12.6. The first-order chi connectivity index (χ1) is 20.9. The highest BCUT2D eigenvalue weighted by Gasteiger charge is 2.28. The highest BCUT2D eigenvalue weighted by atomic mass is 35.5. The van der Waals surface area contributed by atoms with E-state index in [9.17, 15) is 9.59 Å². The number of esters is 1. The Balaban J connectivity index is -0.00000882. The summed E-state index contributed by atoms with van der Waals surface area (Å²) in [6.45, 7) is 9.54. The van der Waals surface area contributed by atoms with Crippen molar-refractivity contribution in [2.75, 3.05) is 13.2 Å². The van der Waals surface area contributed by atoms with Gasteiger partial charge in [0.2, 0.25) is 5.91 Å². The molecule has 0 heterocycles. The van der Waals surface area contributed by atoms with Crippen LogP contribution in [0.25, 0.3) is 0 Å². The number of rotatable bonds is 34. The molecule has 0 spiro atoms. The van der Waals surface area contributed by atoms with Crippen molar-refractivity contribution in [2.24, 2.45) is 5.41 Å². The summed E-state index contributed by atoms with van der Waals surface area (Å²) in [4.78, 5) is 24.7. The molecule has 0 aromatic rings. The number of halogens is 1. The fourth-order valence-electron chi connectivity index (χ4n) is 5.92. The summed E-state index contributed by atoms with van der Waals surface area (Å²) in [6.07, 6.45) is 38.2. The molecule has 0 fully saturated rings. The van der Waals surface area contributed by atoms with E-state index < -0.39 is 5.41 Å². The summed E-state index contributed by atoms with van der Waals surface area (Å²) in [5, 5.41) is 2.99. The zero-order valence-electron chi connectivity index (χ0n) is 31.2. The summed E-state index contributed by atoms with van der Waals surface area (Å²) in [7, 11) is 0. The monoisotopic (exact) mass is 661 g/mol. The second-order valence-electron chi connectivity index (χ2n) is 14.1. The minimum Gasteiger partial charge on any atom is -1.00 e. The Labute approximate surface area is 288 Å². The zero-order valence-corrected chi connectivity index (χ0v) is 32.0. The highest BCUT2D eigenvalue weighted by molar-refractivity contribution is 5.76. The summed E-state index contributed by atoms with van der Waals surface area (Å²) in [5.74, 6) is 0.0352. The lowest BCUT2D eigenvalue weighted by molar-refractivity contribution is -0.154. The fourth-order valence-corrected chi connectivity index (χ4v) is 5.92. The van der Waals surface area contributed by atoms with Crippen molar-refractivity contribution in [1.29, 1.82) is 0 Å². The van der Waals surface area contributed by atoms with E-state index in [-0.39, 0.29) is 30.4 Å². The van der Waals surface area contributed by atoms with Gasteiger partial charge in [-0.15, -0.1) is 0 Å². The van der Waals surface area contributed by atoms with Crippen molar-refractivity contribution in [1.82, 2.24) is 11.5 Å². The lowest BCUT2D eigenvalue weighted by Crippen LogP contribution is -3.00. The van der Waals surface area contributed by atoms with Gasteiger partial charge in [-0.25, -0.2) is 0 Å². The van der Waals surface area contributed by atoms with E-state index in [0.29, 0.717) is 26.0 Å². The van der Waals surface area contributed by atoms with Gasteiger partial charge in [-0.1, -0.05) is 181 Å². The third-order valence-corrected chi connectivity index (χ3v) is 9.09. The van der Waals surface area contributed by atoms with Gasteiger partial charge in [-0.3, -0.25) is 9.59 Å². The Kier molecular flexibility index (Phi) is 40.6. The predicted molar refractivity (Wildman–Crippen MR) is 194 cm³/mol. The number of carbonyl (C=O) groups excluding carboxylic acids is 2. The first kappa shape index (κ1) is 48.6. The number of nitrogens with one attached hydrogen (secondary N) is 1. The maximum Gasteiger partial charge on any atom is 0.311 e. The van der Waals surface area contributed by atoms with Crippen LogP contribution in [0, 0.1) is 5.41 Å². The second-order valence-corrected chi connectivity index (χ2v) is 14.1. The van der Waals surface area contributed by atoms with Gasteiger partial charge in [-0.2, -0.15) is 0 Å². The molecule has 272 valence electrons. The summed E-state index contributed by atoms with van der Waals surface area (Å²) in [6, 6.07) is 0. The normalized spacial score (nSPS) is 11.1. The Morgan fingerprint density at radius 2 is 0.844 bits per heavy atom. The number of quaternary nitrogens is 1. The van der Waals surface area contributed by atoms with Crippen LogP contribution in [0.2, 0.25) is 0 Å². The van der Waals surface area contributed by atoms with Crippen LogP contribution in [0.1, 0.15) is 220 Å². The first-order valence-electron chi connectivity index (χ1n) is 19.4. The van der Waals surface area contributed by atoms with E-state index in [1.54, 1.807) is 0 Å². The van der Waals surface area contributed by atoms with Crippen LogP contribution in [0.15, 0.2) is 0 Å². The Bertz CT molecular complexity index is 615. The quantitative estimate of drug-likeness (QED) is 0.0531. The highest BCUT2D eigenvalue weighted by Crippen LogP contribution is 2.26. The topological polar surface area (TPSA) is 91.9 Å². The molecule has 5 nitrogen and oxygen atoms in total. The molecule has 0 aromatic heterocycles. The fraction of sp³-hybridized carbons (Fsp3) is 0.949. The molecule has 0 unspecified atom stereocenters. The lowest BCUT2D eigenvalue weighted by atomic mass is 9.87. The van der Waals surface area contributed by atoms with Crippen molar-refractivity contribution in [3.63, 3.8) is 0 Å². The largest absolute Gasteiger partial charge is 1.00 e. The molecule has 0 atom stereocenters. The van der Waals surface area contributed by atoms with Gasteiger partial charge >= 0.3 is 5.97 Å². The Hall–Kier alpha value is -0.810. The molecule has 0 rings (SSSR count). The van der Waals surface area contributed by atoms with Crippen molar-refractivity contribution >= 4 is 11.9 Å². The zero-order chi connectivity index (χ0) is 31.7. The third kappa shape index (κ3) is 35.9. The molecular formula is C39H81ClN2O3. The molecule has 0 aliphatic carbocycles. The molecule has 0 radical (unpaired) electrons. The second kappa shape index (κ2) is 37.6. The van der Waals surface area contributed by atoms with Crippen LogP contribution in [0.5, 0.6) is 0 Å². The average Bonchev–Trinajstić information content (AvgIpc) is 2.99. The Morgan fingerprint density at radius 3 is 1.22 bits per heavy atom. The van der Waals surface area contributed by atoms with Gasteiger partial charge in [0.05, 0.1) is 12.0 Å². The van der Waals surface area contributed by atoms with Crippen molar-refractivity contribution in [2.45, 2.75) is 220 Å². The minimum absolute atomic E-state index is 0. The van der Waals surface area contributed by atoms with Crippen LogP contribution >= 0.6 is 0 Å². The first-order valence-corrected chi connectivity index (χ1v) is 19.4. The number of amides is 1. The molecule has 0 aromatic carbocycles. The van der Waals surface area contributed by atoms with E-state index >= 15 is 0 Å². The number of hydrogen-bond acceptors (Lipinski definition) is 3.